The number of hydrogen-bond donors (Lipinski definition) is 3. The van der Waals surface area contributed by atoms with Crippen LogP contribution in [0.5, 0.6) is 0 Å². The van der Waals surface area contributed by atoms with Crippen molar-refractivity contribution >= 4 is 17.4 Å². The number of oxime groups is 1. The van der Waals surface area contributed by atoms with Gasteiger partial charge in [0.05, 0.1) is 0 Å². The van der Waals surface area contributed by atoms with Crippen LogP contribution >= 0.6 is 11.6 Å². The minimum absolute atomic E-state index is 0.0606. The predicted octanol–water partition coefficient (Wildman–Crippen LogP) is 0.687. The molecule has 0 radical (unpaired) electrons. The fraction of sp³-hybridized carbons (Fsp3) is 0.462. The van der Waals surface area contributed by atoms with Crippen molar-refractivity contribution in [2.24, 2.45) is 10.9 Å². The molecular weight excluding hydrogens is 278 g/mol. The first-order valence-electron chi connectivity index (χ1n) is 6.53. The van der Waals surface area contributed by atoms with Crippen LogP contribution in [0.4, 0.5) is 0 Å². The van der Waals surface area contributed by atoms with Gasteiger partial charge in [0.15, 0.2) is 5.84 Å². The minimum atomic E-state index is 0.0606. The quantitative estimate of drug-likeness (QED) is 0.330. The number of piperazine rings is 1. The Balaban J connectivity index is 1.93. The van der Waals surface area contributed by atoms with E-state index < -0.39 is 0 Å². The lowest BCUT2D eigenvalue weighted by molar-refractivity contribution is 0.102. The third kappa shape index (κ3) is 3.83. The Bertz CT molecular complexity index is 486. The number of rotatable bonds is 4. The summed E-state index contributed by atoms with van der Waals surface area (Å²) in [5, 5.41) is 14.4. The molecule has 4 N–H and O–H groups in total. The highest BCUT2D eigenvalue weighted by molar-refractivity contribution is 6.31. The van der Waals surface area contributed by atoms with Gasteiger partial charge < -0.3 is 15.8 Å². The molecule has 20 heavy (non-hydrogen) atoms. The SMILES string of the molecule is CN1CCN(NCc2ccc(/C(N)=N/O)cc2Cl)CC1. The van der Waals surface area contributed by atoms with Crippen LogP contribution in [0.1, 0.15) is 11.1 Å². The Hall–Kier alpha value is -1.34. The normalized spacial score (nSPS) is 18.4. The van der Waals surface area contributed by atoms with Crippen LogP contribution in [0.2, 0.25) is 5.02 Å². The van der Waals surface area contributed by atoms with Gasteiger partial charge in [-0.05, 0) is 18.7 Å². The van der Waals surface area contributed by atoms with Crippen LogP contribution in [-0.4, -0.2) is 54.2 Å². The smallest absolute Gasteiger partial charge is 0.170 e. The molecule has 0 spiro atoms. The van der Waals surface area contributed by atoms with Gasteiger partial charge in [-0.3, -0.25) is 5.43 Å². The molecule has 0 aromatic heterocycles. The average molecular weight is 298 g/mol. The fourth-order valence-electron chi connectivity index (χ4n) is 2.07. The third-order valence-corrected chi connectivity index (χ3v) is 3.80. The fourth-order valence-corrected chi connectivity index (χ4v) is 2.32. The van der Waals surface area contributed by atoms with Gasteiger partial charge >= 0.3 is 0 Å². The molecular formula is C13H20ClN5O. The Labute approximate surface area is 123 Å². The summed E-state index contributed by atoms with van der Waals surface area (Å²) in [6.07, 6.45) is 0. The first-order chi connectivity index (χ1) is 9.60. The summed E-state index contributed by atoms with van der Waals surface area (Å²) < 4.78 is 0. The van der Waals surface area contributed by atoms with Crippen molar-refractivity contribution in [1.29, 1.82) is 0 Å². The number of halogens is 1. The highest BCUT2D eigenvalue weighted by Gasteiger charge is 2.13. The van der Waals surface area contributed by atoms with Gasteiger partial charge in [-0.15, -0.1) is 0 Å². The van der Waals surface area contributed by atoms with Crippen LogP contribution in [0.3, 0.4) is 0 Å². The van der Waals surface area contributed by atoms with Gasteiger partial charge in [-0.25, -0.2) is 5.01 Å². The van der Waals surface area contributed by atoms with E-state index >= 15 is 0 Å². The Morgan fingerprint density at radius 1 is 1.40 bits per heavy atom. The number of likely N-dealkylation sites (N-methyl/N-ethyl adjacent to an activating group) is 1. The average Bonchev–Trinajstić information content (AvgIpc) is 2.46. The summed E-state index contributed by atoms with van der Waals surface area (Å²) in [6, 6.07) is 5.39. The molecule has 7 heteroatoms. The van der Waals surface area contributed by atoms with Crippen LogP contribution < -0.4 is 11.2 Å². The molecule has 0 saturated carbocycles. The number of nitrogens with two attached hydrogens (primary N) is 1. The van der Waals surface area contributed by atoms with E-state index in [9.17, 15) is 0 Å². The Morgan fingerprint density at radius 3 is 2.70 bits per heavy atom. The molecule has 2 rings (SSSR count). The number of benzene rings is 1. The zero-order valence-corrected chi connectivity index (χ0v) is 12.3. The molecule has 1 aromatic rings. The largest absolute Gasteiger partial charge is 0.409 e. The van der Waals surface area contributed by atoms with Crippen molar-refractivity contribution in [2.75, 3.05) is 33.2 Å². The maximum absolute atomic E-state index is 8.64. The molecule has 1 heterocycles. The van der Waals surface area contributed by atoms with Crippen molar-refractivity contribution in [3.63, 3.8) is 0 Å². The van der Waals surface area contributed by atoms with Gasteiger partial charge in [-0.2, -0.15) is 0 Å². The molecule has 110 valence electrons. The second-order valence-corrected chi connectivity index (χ2v) is 5.32. The summed E-state index contributed by atoms with van der Waals surface area (Å²) >= 11 is 6.21. The minimum Gasteiger partial charge on any atom is -0.409 e. The number of nitrogens with zero attached hydrogens (tertiary/aromatic N) is 3. The molecule has 6 nitrogen and oxygen atoms in total. The van der Waals surface area contributed by atoms with E-state index in [2.05, 4.69) is 27.5 Å². The molecule has 0 aliphatic carbocycles. The van der Waals surface area contributed by atoms with E-state index in [0.29, 0.717) is 17.1 Å². The second kappa shape index (κ2) is 6.90. The molecule has 0 atom stereocenters. The van der Waals surface area contributed by atoms with Crippen LogP contribution in [0, 0.1) is 0 Å². The van der Waals surface area contributed by atoms with E-state index in [0.717, 1.165) is 31.7 Å². The van der Waals surface area contributed by atoms with E-state index in [4.69, 9.17) is 22.5 Å². The monoisotopic (exact) mass is 297 g/mol. The van der Waals surface area contributed by atoms with Gasteiger partial charge in [0.1, 0.15) is 0 Å². The van der Waals surface area contributed by atoms with Crippen LogP contribution in [0.15, 0.2) is 23.4 Å². The highest BCUT2D eigenvalue weighted by Crippen LogP contribution is 2.18. The number of nitrogens with one attached hydrogen (secondary N) is 1. The third-order valence-electron chi connectivity index (χ3n) is 3.45. The summed E-state index contributed by atoms with van der Waals surface area (Å²) in [4.78, 5) is 2.30. The van der Waals surface area contributed by atoms with Crippen LogP contribution in [0.25, 0.3) is 0 Å². The lowest BCUT2D eigenvalue weighted by atomic mass is 10.1. The van der Waals surface area contributed by atoms with Crippen molar-refractivity contribution < 1.29 is 5.21 Å². The summed E-state index contributed by atoms with van der Waals surface area (Å²) in [6.45, 7) is 4.78. The number of amidine groups is 1. The first-order valence-corrected chi connectivity index (χ1v) is 6.91. The summed E-state index contributed by atoms with van der Waals surface area (Å²) in [5.74, 6) is 0.0606. The standard InChI is InChI=1S/C13H20ClN5O/c1-18-4-6-19(7-5-18)16-9-11-3-2-10(8-12(11)14)13(15)17-20/h2-3,8,16,20H,4-7,9H2,1H3,(H2,15,17). The van der Waals surface area contributed by atoms with Gasteiger partial charge in [0.25, 0.3) is 0 Å². The summed E-state index contributed by atoms with van der Waals surface area (Å²) in [7, 11) is 2.13. The van der Waals surface area contributed by atoms with Crippen LogP contribution in [-0.2, 0) is 6.54 Å². The molecule has 1 fully saturated rings. The zero-order chi connectivity index (χ0) is 14.5. The molecule has 1 aliphatic heterocycles. The van der Waals surface area contributed by atoms with E-state index in [-0.39, 0.29) is 5.84 Å². The first kappa shape index (κ1) is 15.1. The molecule has 1 saturated heterocycles. The van der Waals surface area contributed by atoms with Gasteiger partial charge in [-0.1, -0.05) is 28.9 Å². The molecule has 1 aromatic carbocycles. The van der Waals surface area contributed by atoms with Crippen molar-refractivity contribution in [3.05, 3.63) is 34.3 Å². The number of hydrogen-bond acceptors (Lipinski definition) is 5. The Morgan fingerprint density at radius 2 is 2.10 bits per heavy atom. The maximum Gasteiger partial charge on any atom is 0.170 e. The zero-order valence-electron chi connectivity index (χ0n) is 11.5. The van der Waals surface area contributed by atoms with E-state index in [1.165, 1.54) is 0 Å². The molecule has 0 amide bonds. The lowest BCUT2D eigenvalue weighted by Gasteiger charge is -2.32. The highest BCUT2D eigenvalue weighted by atomic mass is 35.5. The van der Waals surface area contributed by atoms with Gasteiger partial charge in [0, 0.05) is 43.3 Å². The molecule has 0 bridgehead atoms. The van der Waals surface area contributed by atoms with Crippen molar-refractivity contribution in [3.8, 4) is 0 Å². The van der Waals surface area contributed by atoms with Crippen molar-refractivity contribution in [1.82, 2.24) is 15.3 Å². The van der Waals surface area contributed by atoms with E-state index in [1.807, 2.05) is 6.07 Å². The molecule has 1 aliphatic rings. The molecule has 0 unspecified atom stereocenters. The second-order valence-electron chi connectivity index (χ2n) is 4.92. The number of hydrazine groups is 1. The maximum atomic E-state index is 8.64. The van der Waals surface area contributed by atoms with Gasteiger partial charge in [0.2, 0.25) is 0 Å². The lowest BCUT2D eigenvalue weighted by Crippen LogP contribution is -2.50. The topological polar surface area (TPSA) is 77.1 Å². The predicted molar refractivity (Wildman–Crippen MR) is 79.9 cm³/mol. The summed E-state index contributed by atoms with van der Waals surface area (Å²) in [5.41, 5.74) is 10.5. The Kier molecular flexibility index (Phi) is 5.19. The van der Waals surface area contributed by atoms with E-state index in [1.54, 1.807) is 12.1 Å². The van der Waals surface area contributed by atoms with Crippen molar-refractivity contribution in [2.45, 2.75) is 6.54 Å².